The van der Waals surface area contributed by atoms with Crippen LogP contribution < -0.4 is 4.74 Å². The third-order valence-electron chi connectivity index (χ3n) is 8.54. The Morgan fingerprint density at radius 2 is 1.65 bits per heavy atom. The molecule has 0 fully saturated rings. The van der Waals surface area contributed by atoms with Crippen LogP contribution in [0.4, 0.5) is 0 Å². The predicted molar refractivity (Wildman–Crippen MR) is 137 cm³/mol. The van der Waals surface area contributed by atoms with Gasteiger partial charge in [-0.3, -0.25) is 14.4 Å². The number of hydrogen-bond donors (Lipinski definition) is 3. The summed E-state index contributed by atoms with van der Waals surface area (Å²) in [5.41, 5.74) is -1.87. The summed E-state index contributed by atoms with van der Waals surface area (Å²) in [7, 11) is 1.58. The summed E-state index contributed by atoms with van der Waals surface area (Å²) in [5.74, 6) is -2.28. The molecular weight excluding hydrogens is 472 g/mol. The SMILES string of the molecule is COc1ccc(-c2ccc(O)c3c2C[C@]2(C)C[C@]4(C)CC(C)=C(C(C)=O)C(=O)[C@]4(O)C(O)=C2C3=O)cc1. The van der Waals surface area contributed by atoms with Gasteiger partial charge in [-0.25, -0.2) is 0 Å². The number of Topliss-reactive ketones (excluding diaryl/α,β-unsaturated/α-hetero) is 3. The molecule has 2 aromatic rings. The Hall–Kier alpha value is -3.71. The van der Waals surface area contributed by atoms with E-state index in [9.17, 15) is 29.7 Å². The van der Waals surface area contributed by atoms with E-state index in [-0.39, 0.29) is 35.3 Å². The maximum absolute atomic E-state index is 14.0. The van der Waals surface area contributed by atoms with Crippen molar-refractivity contribution in [3.05, 3.63) is 70.0 Å². The molecule has 3 aliphatic carbocycles. The summed E-state index contributed by atoms with van der Waals surface area (Å²) in [4.78, 5) is 39.8. The van der Waals surface area contributed by atoms with Crippen molar-refractivity contribution >= 4 is 17.3 Å². The predicted octanol–water partition coefficient (Wildman–Crippen LogP) is 4.64. The zero-order chi connectivity index (χ0) is 27.1. The number of carbonyl (C=O) groups is 3. The summed E-state index contributed by atoms with van der Waals surface area (Å²) in [6, 6.07) is 10.6. The molecule has 0 amide bonds. The van der Waals surface area contributed by atoms with Crippen LogP contribution in [0.25, 0.3) is 11.1 Å². The Morgan fingerprint density at radius 3 is 2.24 bits per heavy atom. The number of ether oxygens (including phenoxy) is 1. The fourth-order valence-electron chi connectivity index (χ4n) is 7.07. The zero-order valence-electron chi connectivity index (χ0n) is 21.6. The number of rotatable bonds is 3. The van der Waals surface area contributed by atoms with Gasteiger partial charge in [0.2, 0.25) is 5.78 Å². The second-order valence-corrected chi connectivity index (χ2v) is 11.2. The average Bonchev–Trinajstić information content (AvgIpc) is 2.81. The van der Waals surface area contributed by atoms with Gasteiger partial charge in [0.15, 0.2) is 17.2 Å². The maximum atomic E-state index is 14.0. The van der Waals surface area contributed by atoms with Gasteiger partial charge in [-0.05, 0) is 68.0 Å². The van der Waals surface area contributed by atoms with Gasteiger partial charge >= 0.3 is 0 Å². The van der Waals surface area contributed by atoms with Crippen molar-refractivity contribution in [2.45, 2.75) is 52.6 Å². The van der Waals surface area contributed by atoms with Crippen LogP contribution in [-0.2, 0) is 16.0 Å². The lowest BCUT2D eigenvalue weighted by Gasteiger charge is -2.56. The molecule has 5 rings (SSSR count). The molecule has 0 unspecified atom stereocenters. The fraction of sp³-hybridized carbons (Fsp3) is 0.367. The highest BCUT2D eigenvalue weighted by molar-refractivity contribution is 6.25. The lowest BCUT2D eigenvalue weighted by Crippen LogP contribution is -2.63. The van der Waals surface area contributed by atoms with Crippen LogP contribution in [0.5, 0.6) is 11.5 Å². The molecule has 3 N–H and O–H groups in total. The minimum Gasteiger partial charge on any atom is -0.508 e. The second-order valence-electron chi connectivity index (χ2n) is 11.2. The number of ketones is 3. The molecule has 0 heterocycles. The normalized spacial score (nSPS) is 29.0. The molecule has 0 radical (unpaired) electrons. The van der Waals surface area contributed by atoms with Crippen LogP contribution in [0.1, 0.15) is 56.5 Å². The number of carbonyl (C=O) groups excluding carboxylic acids is 3. The highest BCUT2D eigenvalue weighted by Gasteiger charge is 2.67. The van der Waals surface area contributed by atoms with E-state index in [1.165, 1.54) is 13.0 Å². The minimum absolute atomic E-state index is 0.0429. The number of allylic oxidation sites excluding steroid dienone is 2. The molecule has 3 atom stereocenters. The Morgan fingerprint density at radius 1 is 1.00 bits per heavy atom. The average molecular weight is 503 g/mol. The van der Waals surface area contributed by atoms with Crippen molar-refractivity contribution in [2.24, 2.45) is 10.8 Å². The van der Waals surface area contributed by atoms with Gasteiger partial charge in [-0.15, -0.1) is 0 Å². The van der Waals surface area contributed by atoms with Crippen LogP contribution in [0.3, 0.4) is 0 Å². The highest BCUT2D eigenvalue weighted by atomic mass is 16.5. The molecule has 3 aliphatic rings. The van der Waals surface area contributed by atoms with Crippen molar-refractivity contribution in [1.82, 2.24) is 0 Å². The van der Waals surface area contributed by atoms with E-state index in [4.69, 9.17) is 4.74 Å². The number of phenolic OH excluding ortho intramolecular Hbond substituents is 1. The molecular formula is C30H30O7. The number of methoxy groups -OCH3 is 1. The summed E-state index contributed by atoms with van der Waals surface area (Å²) in [6.45, 7) is 6.51. The van der Waals surface area contributed by atoms with Crippen molar-refractivity contribution in [2.75, 3.05) is 7.11 Å². The number of fused-ring (bicyclic) bond motifs is 3. The number of aromatic hydroxyl groups is 1. The molecule has 2 aromatic carbocycles. The lowest BCUT2D eigenvalue weighted by molar-refractivity contribution is -0.157. The van der Waals surface area contributed by atoms with Crippen molar-refractivity contribution in [3.8, 4) is 22.6 Å². The summed E-state index contributed by atoms with van der Waals surface area (Å²) in [5, 5.41) is 34.1. The molecule has 0 aromatic heterocycles. The van der Waals surface area contributed by atoms with Crippen molar-refractivity contribution in [3.63, 3.8) is 0 Å². The largest absolute Gasteiger partial charge is 0.508 e. The van der Waals surface area contributed by atoms with Gasteiger partial charge in [0, 0.05) is 16.4 Å². The van der Waals surface area contributed by atoms with E-state index < -0.39 is 39.5 Å². The van der Waals surface area contributed by atoms with Crippen LogP contribution >= 0.6 is 0 Å². The Labute approximate surface area is 215 Å². The van der Waals surface area contributed by atoms with E-state index in [2.05, 4.69) is 0 Å². The van der Waals surface area contributed by atoms with Crippen LogP contribution in [0.2, 0.25) is 0 Å². The van der Waals surface area contributed by atoms with E-state index >= 15 is 0 Å². The Kier molecular flexibility index (Phi) is 5.32. The molecule has 0 saturated heterocycles. The van der Waals surface area contributed by atoms with E-state index in [1.54, 1.807) is 27.0 Å². The molecule has 192 valence electrons. The number of aliphatic hydroxyl groups is 2. The first-order valence-electron chi connectivity index (χ1n) is 12.2. The van der Waals surface area contributed by atoms with Gasteiger partial charge < -0.3 is 20.1 Å². The van der Waals surface area contributed by atoms with Gasteiger partial charge in [-0.1, -0.05) is 37.6 Å². The first-order valence-corrected chi connectivity index (χ1v) is 12.2. The van der Waals surface area contributed by atoms with Crippen LogP contribution in [0.15, 0.2) is 58.9 Å². The van der Waals surface area contributed by atoms with Gasteiger partial charge in [0.05, 0.1) is 18.2 Å². The summed E-state index contributed by atoms with van der Waals surface area (Å²) < 4.78 is 5.26. The molecule has 0 bridgehead atoms. The van der Waals surface area contributed by atoms with E-state index in [0.717, 1.165) is 11.1 Å². The molecule has 0 saturated carbocycles. The van der Waals surface area contributed by atoms with Gasteiger partial charge in [0.1, 0.15) is 17.3 Å². The molecule has 7 nitrogen and oxygen atoms in total. The lowest BCUT2D eigenvalue weighted by atomic mass is 9.48. The van der Waals surface area contributed by atoms with E-state index in [1.807, 2.05) is 31.2 Å². The maximum Gasteiger partial charge on any atom is 0.206 e. The minimum atomic E-state index is -2.42. The van der Waals surface area contributed by atoms with E-state index in [0.29, 0.717) is 23.3 Å². The summed E-state index contributed by atoms with van der Waals surface area (Å²) in [6.07, 6.45) is 0.724. The van der Waals surface area contributed by atoms with Crippen molar-refractivity contribution < 1.29 is 34.4 Å². The fourth-order valence-corrected chi connectivity index (χ4v) is 7.07. The Balaban J connectivity index is 1.74. The number of benzene rings is 2. The first kappa shape index (κ1) is 25.0. The third kappa shape index (κ3) is 3.20. The topological polar surface area (TPSA) is 121 Å². The first-order chi connectivity index (χ1) is 17.3. The highest BCUT2D eigenvalue weighted by Crippen LogP contribution is 2.62. The number of aliphatic hydroxyl groups excluding tert-OH is 1. The summed E-state index contributed by atoms with van der Waals surface area (Å²) >= 11 is 0. The molecule has 0 aliphatic heterocycles. The smallest absolute Gasteiger partial charge is 0.206 e. The van der Waals surface area contributed by atoms with Gasteiger partial charge in [0.25, 0.3) is 0 Å². The standard InChI is InChI=1S/C30H30O7/c1-15-12-29(4)14-28(3)13-20-19(17-6-8-18(37-5)9-7-17)10-11-21(32)23(20)25(33)24(28)27(35)30(29,36)26(34)22(15)16(2)31/h6-11,32,35-36H,12-14H2,1-5H3/t28-,29+,30+/m1/s1. The quantitative estimate of drug-likeness (QED) is 0.523. The van der Waals surface area contributed by atoms with Crippen molar-refractivity contribution in [1.29, 1.82) is 0 Å². The van der Waals surface area contributed by atoms with Crippen LogP contribution in [-0.4, -0.2) is 45.4 Å². The second kappa shape index (κ2) is 7.89. The molecule has 0 spiro atoms. The zero-order valence-corrected chi connectivity index (χ0v) is 21.6. The Bertz CT molecular complexity index is 1460. The monoisotopic (exact) mass is 502 g/mol. The van der Waals surface area contributed by atoms with Crippen LogP contribution in [0, 0.1) is 10.8 Å². The molecule has 7 heteroatoms. The number of phenols is 1. The number of hydrogen-bond acceptors (Lipinski definition) is 7. The molecule has 37 heavy (non-hydrogen) atoms. The van der Waals surface area contributed by atoms with Gasteiger partial charge in [-0.2, -0.15) is 0 Å². The third-order valence-corrected chi connectivity index (χ3v) is 8.54.